The van der Waals surface area contributed by atoms with Gasteiger partial charge in [0.1, 0.15) is 5.82 Å². The van der Waals surface area contributed by atoms with Gasteiger partial charge in [-0.3, -0.25) is 14.5 Å². The lowest BCUT2D eigenvalue weighted by Crippen LogP contribution is -2.43. The number of hydrogen-bond donors (Lipinski definition) is 2. The topological polar surface area (TPSA) is 61.4 Å². The Morgan fingerprint density at radius 2 is 1.83 bits per heavy atom. The molecular formula is C17H24FN3O2. The van der Waals surface area contributed by atoms with Gasteiger partial charge in [0.15, 0.2) is 0 Å². The molecule has 2 N–H and O–H groups in total. The number of carbonyl (C=O) groups excluding carboxylic acids is 2. The van der Waals surface area contributed by atoms with Crippen LogP contribution in [0, 0.1) is 11.7 Å². The molecule has 0 aromatic heterocycles. The van der Waals surface area contributed by atoms with Crippen LogP contribution in [0.25, 0.3) is 0 Å². The average Bonchev–Trinajstić information content (AvgIpc) is 2.53. The van der Waals surface area contributed by atoms with E-state index in [4.69, 9.17) is 0 Å². The van der Waals surface area contributed by atoms with Crippen molar-refractivity contribution in [3.8, 4) is 0 Å². The van der Waals surface area contributed by atoms with E-state index in [9.17, 15) is 14.0 Å². The Hall–Kier alpha value is -1.95. The zero-order chi connectivity index (χ0) is 16.7. The SMILES string of the molecule is CC(=O)NCC1CCN(CC(=O)NCc2ccc(F)cc2)CC1. The third-order valence-corrected chi connectivity index (χ3v) is 4.12. The van der Waals surface area contributed by atoms with Crippen molar-refractivity contribution >= 4 is 11.8 Å². The van der Waals surface area contributed by atoms with E-state index in [1.165, 1.54) is 19.1 Å². The summed E-state index contributed by atoms with van der Waals surface area (Å²) in [6, 6.07) is 6.12. The molecule has 0 aliphatic carbocycles. The van der Waals surface area contributed by atoms with Crippen LogP contribution in [0.1, 0.15) is 25.3 Å². The second-order valence-electron chi connectivity index (χ2n) is 6.06. The van der Waals surface area contributed by atoms with Crippen LogP contribution in [0.5, 0.6) is 0 Å². The Kier molecular flexibility index (Phi) is 6.52. The summed E-state index contributed by atoms with van der Waals surface area (Å²) in [5.41, 5.74) is 0.883. The van der Waals surface area contributed by atoms with Crippen molar-refractivity contribution in [2.24, 2.45) is 5.92 Å². The van der Waals surface area contributed by atoms with Crippen LogP contribution in [-0.2, 0) is 16.1 Å². The van der Waals surface area contributed by atoms with Crippen molar-refractivity contribution < 1.29 is 14.0 Å². The molecule has 1 aliphatic rings. The first-order chi connectivity index (χ1) is 11.0. The van der Waals surface area contributed by atoms with Gasteiger partial charge in [-0.05, 0) is 49.5 Å². The Morgan fingerprint density at radius 3 is 2.43 bits per heavy atom. The first-order valence-electron chi connectivity index (χ1n) is 8.01. The molecule has 2 rings (SSSR count). The van der Waals surface area contributed by atoms with Gasteiger partial charge < -0.3 is 10.6 Å². The zero-order valence-corrected chi connectivity index (χ0v) is 13.5. The lowest BCUT2D eigenvalue weighted by molar-refractivity contribution is -0.122. The standard InChI is InChI=1S/C17H24FN3O2/c1-13(22)19-10-15-6-8-21(9-7-15)12-17(23)20-11-14-2-4-16(18)5-3-14/h2-5,15H,6-12H2,1H3,(H,19,22)(H,20,23). The van der Waals surface area contributed by atoms with Crippen molar-refractivity contribution in [1.29, 1.82) is 0 Å². The monoisotopic (exact) mass is 321 g/mol. The Morgan fingerprint density at radius 1 is 1.17 bits per heavy atom. The third-order valence-electron chi connectivity index (χ3n) is 4.12. The van der Waals surface area contributed by atoms with Gasteiger partial charge in [0, 0.05) is 20.0 Å². The Labute approximate surface area is 136 Å². The highest BCUT2D eigenvalue weighted by molar-refractivity contribution is 5.78. The van der Waals surface area contributed by atoms with Crippen LogP contribution >= 0.6 is 0 Å². The summed E-state index contributed by atoms with van der Waals surface area (Å²) < 4.78 is 12.8. The smallest absolute Gasteiger partial charge is 0.234 e. The van der Waals surface area contributed by atoms with Crippen LogP contribution in [0.15, 0.2) is 24.3 Å². The molecule has 1 fully saturated rings. The van der Waals surface area contributed by atoms with Gasteiger partial charge in [0.2, 0.25) is 11.8 Å². The number of piperidine rings is 1. The molecule has 2 amide bonds. The molecule has 0 saturated carbocycles. The summed E-state index contributed by atoms with van der Waals surface area (Å²) in [7, 11) is 0. The maximum atomic E-state index is 12.8. The van der Waals surface area contributed by atoms with Crippen LogP contribution in [0.4, 0.5) is 4.39 Å². The third kappa shape index (κ3) is 6.36. The molecule has 0 atom stereocenters. The second-order valence-corrected chi connectivity index (χ2v) is 6.06. The van der Waals surface area contributed by atoms with Gasteiger partial charge in [-0.1, -0.05) is 12.1 Å². The number of likely N-dealkylation sites (tertiary alicyclic amines) is 1. The van der Waals surface area contributed by atoms with Crippen LogP contribution in [0.2, 0.25) is 0 Å². The molecule has 0 spiro atoms. The van der Waals surface area contributed by atoms with Crippen LogP contribution < -0.4 is 10.6 Å². The van der Waals surface area contributed by atoms with E-state index in [2.05, 4.69) is 15.5 Å². The van der Waals surface area contributed by atoms with E-state index >= 15 is 0 Å². The van der Waals surface area contributed by atoms with Crippen molar-refractivity contribution in [2.45, 2.75) is 26.3 Å². The van der Waals surface area contributed by atoms with Crippen LogP contribution in [-0.4, -0.2) is 42.9 Å². The van der Waals surface area contributed by atoms with Crippen molar-refractivity contribution in [3.05, 3.63) is 35.6 Å². The lowest BCUT2D eigenvalue weighted by atomic mass is 9.97. The summed E-state index contributed by atoms with van der Waals surface area (Å²) in [5, 5.41) is 5.71. The molecule has 6 heteroatoms. The van der Waals surface area contributed by atoms with E-state index in [0.717, 1.165) is 38.0 Å². The van der Waals surface area contributed by atoms with E-state index in [0.29, 0.717) is 19.0 Å². The molecule has 0 radical (unpaired) electrons. The molecule has 1 aromatic carbocycles. The number of nitrogens with zero attached hydrogens (tertiary/aromatic N) is 1. The number of carbonyl (C=O) groups is 2. The first kappa shape index (κ1) is 17.4. The normalized spacial score (nSPS) is 16.1. The maximum Gasteiger partial charge on any atom is 0.234 e. The number of nitrogens with one attached hydrogen (secondary N) is 2. The minimum absolute atomic E-state index is 0.00704. The molecule has 0 bridgehead atoms. The maximum absolute atomic E-state index is 12.8. The van der Waals surface area contributed by atoms with Gasteiger partial charge in [0.05, 0.1) is 6.54 Å². The number of rotatable bonds is 6. The number of amides is 2. The van der Waals surface area contributed by atoms with Crippen LogP contribution in [0.3, 0.4) is 0 Å². The molecule has 0 unspecified atom stereocenters. The summed E-state index contributed by atoms with van der Waals surface area (Å²) in [5.74, 6) is 0.210. The van der Waals surface area contributed by atoms with E-state index in [-0.39, 0.29) is 17.6 Å². The second kappa shape index (κ2) is 8.62. The van der Waals surface area contributed by atoms with Gasteiger partial charge in [-0.15, -0.1) is 0 Å². The molecule has 5 nitrogen and oxygen atoms in total. The molecule has 126 valence electrons. The molecule has 1 aliphatic heterocycles. The Bertz CT molecular complexity index is 525. The van der Waals surface area contributed by atoms with E-state index in [1.54, 1.807) is 12.1 Å². The quantitative estimate of drug-likeness (QED) is 0.830. The van der Waals surface area contributed by atoms with Gasteiger partial charge in [0.25, 0.3) is 0 Å². The number of benzene rings is 1. The predicted octanol–water partition coefficient (Wildman–Crippen LogP) is 1.29. The fourth-order valence-corrected chi connectivity index (χ4v) is 2.70. The summed E-state index contributed by atoms with van der Waals surface area (Å²) in [4.78, 5) is 25.0. The lowest BCUT2D eigenvalue weighted by Gasteiger charge is -2.31. The summed E-state index contributed by atoms with van der Waals surface area (Å²) >= 11 is 0. The summed E-state index contributed by atoms with van der Waals surface area (Å²) in [6.07, 6.45) is 1.98. The van der Waals surface area contributed by atoms with Gasteiger partial charge in [-0.2, -0.15) is 0 Å². The largest absolute Gasteiger partial charge is 0.356 e. The molecule has 1 aromatic rings. The summed E-state index contributed by atoms with van der Waals surface area (Å²) in [6.45, 7) is 4.79. The molecule has 1 heterocycles. The minimum Gasteiger partial charge on any atom is -0.356 e. The first-order valence-corrected chi connectivity index (χ1v) is 8.01. The van der Waals surface area contributed by atoms with Crippen molar-refractivity contribution in [3.63, 3.8) is 0 Å². The fraction of sp³-hybridized carbons (Fsp3) is 0.529. The molecule has 23 heavy (non-hydrogen) atoms. The fourth-order valence-electron chi connectivity index (χ4n) is 2.70. The minimum atomic E-state index is -0.276. The van der Waals surface area contributed by atoms with Gasteiger partial charge in [-0.25, -0.2) is 4.39 Å². The average molecular weight is 321 g/mol. The highest BCUT2D eigenvalue weighted by Gasteiger charge is 2.20. The zero-order valence-electron chi connectivity index (χ0n) is 13.5. The Balaban J connectivity index is 1.64. The highest BCUT2D eigenvalue weighted by Crippen LogP contribution is 2.15. The van der Waals surface area contributed by atoms with E-state index < -0.39 is 0 Å². The predicted molar refractivity (Wildman–Crippen MR) is 86.1 cm³/mol. The van der Waals surface area contributed by atoms with Crippen molar-refractivity contribution in [2.75, 3.05) is 26.2 Å². The number of halogens is 1. The number of hydrogen-bond acceptors (Lipinski definition) is 3. The highest BCUT2D eigenvalue weighted by atomic mass is 19.1. The van der Waals surface area contributed by atoms with E-state index in [1.807, 2.05) is 0 Å². The molecular weight excluding hydrogens is 297 g/mol. The van der Waals surface area contributed by atoms with Crippen molar-refractivity contribution in [1.82, 2.24) is 15.5 Å². The molecule has 1 saturated heterocycles. The van der Waals surface area contributed by atoms with Gasteiger partial charge >= 0.3 is 0 Å².